The number of hydrogen-bond donors (Lipinski definition) is 1. The Kier molecular flexibility index (Phi) is 2.40. The Morgan fingerprint density at radius 3 is 2.89 bits per heavy atom. The molecule has 1 heterocycles. The van der Waals surface area contributed by atoms with E-state index in [9.17, 15) is 9.90 Å². The number of carboxylic acid groups (broad SMARTS) is 1. The van der Waals surface area contributed by atoms with Crippen molar-refractivity contribution in [1.82, 2.24) is 0 Å². The maximum atomic E-state index is 11.4. The number of benzene rings is 1. The van der Waals surface area contributed by atoms with Crippen LogP contribution in [0.2, 0.25) is 0 Å². The van der Waals surface area contributed by atoms with Gasteiger partial charge in [-0.25, -0.2) is 4.79 Å². The van der Waals surface area contributed by atoms with E-state index < -0.39 is 11.4 Å². The molecule has 0 bridgehead atoms. The summed E-state index contributed by atoms with van der Waals surface area (Å²) in [5.41, 5.74) is -0.144. The normalized spacial score (nSPS) is 24.8. The van der Waals surface area contributed by atoms with Gasteiger partial charge in [-0.3, -0.25) is 4.99 Å². The molecule has 0 radical (unpaired) electrons. The molecule has 0 aromatic heterocycles. The molecule has 1 aromatic carbocycles. The topological polar surface area (TPSA) is 49.7 Å². The molecule has 1 unspecified atom stereocenters. The molecule has 1 N–H and O–H groups in total. The summed E-state index contributed by atoms with van der Waals surface area (Å²) in [6.45, 7) is 0. The summed E-state index contributed by atoms with van der Waals surface area (Å²) >= 11 is 0. The first kappa shape index (κ1) is 11.0. The Morgan fingerprint density at radius 2 is 2.17 bits per heavy atom. The number of fused-ring (bicyclic) bond motifs is 1. The van der Waals surface area contributed by atoms with E-state index in [1.54, 1.807) is 0 Å². The van der Waals surface area contributed by atoms with Crippen molar-refractivity contribution >= 4 is 12.0 Å². The van der Waals surface area contributed by atoms with E-state index in [-0.39, 0.29) is 0 Å². The average molecular weight is 239 g/mol. The second-order valence-electron chi connectivity index (χ2n) is 4.66. The summed E-state index contributed by atoms with van der Waals surface area (Å²) in [4.78, 5) is 15.7. The van der Waals surface area contributed by atoms with Gasteiger partial charge in [0.05, 0.1) is 10.9 Å². The zero-order valence-corrected chi connectivity index (χ0v) is 9.84. The number of para-hydroxylation sites is 1. The van der Waals surface area contributed by atoms with Crippen LogP contribution in [0.1, 0.15) is 12.8 Å². The third-order valence-electron chi connectivity index (χ3n) is 3.55. The molecule has 1 atom stereocenters. The Labute approximate surface area is 104 Å². The molecule has 2 aliphatic rings. The molecule has 18 heavy (non-hydrogen) atoms. The molecular formula is C15H13NO2. The van der Waals surface area contributed by atoms with Crippen LogP contribution < -0.4 is 10.6 Å². The SMILES string of the molecule is O=C(O)C1=CN=c2ccccc2=CC12C=CCC2. The molecule has 3 nitrogen and oxygen atoms in total. The quantitative estimate of drug-likeness (QED) is 0.753. The van der Waals surface area contributed by atoms with Crippen molar-refractivity contribution in [2.45, 2.75) is 12.8 Å². The molecule has 1 aromatic rings. The molecule has 1 spiro atoms. The Hall–Kier alpha value is -2.16. The van der Waals surface area contributed by atoms with Crippen molar-refractivity contribution in [2.75, 3.05) is 0 Å². The summed E-state index contributed by atoms with van der Waals surface area (Å²) in [6.07, 6.45) is 9.27. The van der Waals surface area contributed by atoms with Gasteiger partial charge in [0.15, 0.2) is 0 Å². The van der Waals surface area contributed by atoms with Crippen molar-refractivity contribution < 1.29 is 9.90 Å². The predicted molar refractivity (Wildman–Crippen MR) is 68.2 cm³/mol. The van der Waals surface area contributed by atoms with Crippen LogP contribution in [0.3, 0.4) is 0 Å². The molecule has 0 saturated carbocycles. The maximum absolute atomic E-state index is 11.4. The first-order chi connectivity index (χ1) is 8.71. The standard InChI is InChI=1S/C15H13NO2/c17-14(18)12-10-16-13-6-2-1-5-11(13)9-15(12)7-3-4-8-15/h1-3,5-7,9-10H,4,8H2,(H,17,18). The first-order valence-electron chi connectivity index (χ1n) is 5.99. The fourth-order valence-electron chi connectivity index (χ4n) is 2.63. The van der Waals surface area contributed by atoms with Crippen LogP contribution in [-0.2, 0) is 4.79 Å². The van der Waals surface area contributed by atoms with Gasteiger partial charge in [0.1, 0.15) is 0 Å². The van der Waals surface area contributed by atoms with Gasteiger partial charge in [0.2, 0.25) is 0 Å². The predicted octanol–water partition coefficient (Wildman–Crippen LogP) is 1.41. The number of allylic oxidation sites excluding steroid dienone is 2. The summed E-state index contributed by atoms with van der Waals surface area (Å²) in [5, 5.41) is 11.2. The summed E-state index contributed by atoms with van der Waals surface area (Å²) in [7, 11) is 0. The zero-order chi connectivity index (χ0) is 12.6. The average Bonchev–Trinajstić information content (AvgIpc) is 2.73. The molecule has 3 heteroatoms. The molecule has 0 amide bonds. The van der Waals surface area contributed by atoms with Crippen LogP contribution in [0.15, 0.2) is 53.2 Å². The fourth-order valence-corrected chi connectivity index (χ4v) is 2.63. The van der Waals surface area contributed by atoms with Crippen LogP contribution in [0.25, 0.3) is 6.08 Å². The second kappa shape index (κ2) is 3.95. The van der Waals surface area contributed by atoms with Crippen LogP contribution in [0.5, 0.6) is 0 Å². The second-order valence-corrected chi connectivity index (χ2v) is 4.66. The first-order valence-corrected chi connectivity index (χ1v) is 5.99. The summed E-state index contributed by atoms with van der Waals surface area (Å²) in [6, 6.07) is 7.74. The molecule has 1 aliphatic heterocycles. The minimum atomic E-state index is -0.894. The zero-order valence-electron chi connectivity index (χ0n) is 9.84. The number of aliphatic carboxylic acids is 1. The highest BCUT2D eigenvalue weighted by atomic mass is 16.4. The van der Waals surface area contributed by atoms with Gasteiger partial charge in [0, 0.05) is 11.6 Å². The molecular weight excluding hydrogens is 226 g/mol. The van der Waals surface area contributed by atoms with E-state index in [0.29, 0.717) is 5.57 Å². The third-order valence-corrected chi connectivity index (χ3v) is 3.55. The molecule has 0 saturated heterocycles. The highest BCUT2D eigenvalue weighted by Crippen LogP contribution is 2.41. The maximum Gasteiger partial charge on any atom is 0.334 e. The largest absolute Gasteiger partial charge is 0.478 e. The van der Waals surface area contributed by atoms with E-state index in [0.717, 1.165) is 23.4 Å². The third kappa shape index (κ3) is 1.59. The highest BCUT2D eigenvalue weighted by Gasteiger charge is 2.36. The lowest BCUT2D eigenvalue weighted by molar-refractivity contribution is -0.133. The van der Waals surface area contributed by atoms with Crippen molar-refractivity contribution in [3.63, 3.8) is 0 Å². The Bertz CT molecular complexity index is 685. The van der Waals surface area contributed by atoms with Gasteiger partial charge in [-0.1, -0.05) is 36.4 Å². The Morgan fingerprint density at radius 1 is 1.33 bits per heavy atom. The van der Waals surface area contributed by atoms with Crippen molar-refractivity contribution in [1.29, 1.82) is 0 Å². The number of nitrogens with zero attached hydrogens (tertiary/aromatic N) is 1. The number of carboxylic acids is 1. The number of hydrogen-bond acceptors (Lipinski definition) is 2. The van der Waals surface area contributed by atoms with Gasteiger partial charge in [-0.05, 0) is 24.1 Å². The van der Waals surface area contributed by atoms with E-state index >= 15 is 0 Å². The number of rotatable bonds is 1. The van der Waals surface area contributed by atoms with Crippen molar-refractivity contribution in [3.8, 4) is 0 Å². The van der Waals surface area contributed by atoms with Crippen molar-refractivity contribution in [3.05, 3.63) is 58.8 Å². The van der Waals surface area contributed by atoms with Crippen LogP contribution in [0, 0.1) is 5.41 Å². The van der Waals surface area contributed by atoms with Crippen LogP contribution >= 0.6 is 0 Å². The van der Waals surface area contributed by atoms with E-state index in [1.165, 1.54) is 6.20 Å². The molecule has 0 fully saturated rings. The lowest BCUT2D eigenvalue weighted by Crippen LogP contribution is -2.28. The molecule has 90 valence electrons. The van der Waals surface area contributed by atoms with E-state index in [4.69, 9.17) is 0 Å². The van der Waals surface area contributed by atoms with Gasteiger partial charge in [-0.2, -0.15) is 0 Å². The van der Waals surface area contributed by atoms with Gasteiger partial charge in [0.25, 0.3) is 0 Å². The van der Waals surface area contributed by atoms with E-state index in [1.807, 2.05) is 42.5 Å². The highest BCUT2D eigenvalue weighted by molar-refractivity contribution is 5.91. The summed E-state index contributed by atoms with van der Waals surface area (Å²) in [5.74, 6) is -0.894. The Balaban J connectivity index is 2.32. The number of carbonyl (C=O) groups is 1. The van der Waals surface area contributed by atoms with Crippen molar-refractivity contribution in [2.24, 2.45) is 10.4 Å². The van der Waals surface area contributed by atoms with E-state index in [2.05, 4.69) is 4.99 Å². The lowest BCUT2D eigenvalue weighted by atomic mass is 9.79. The lowest BCUT2D eigenvalue weighted by Gasteiger charge is -2.23. The molecule has 1 aliphatic carbocycles. The monoisotopic (exact) mass is 239 g/mol. The fraction of sp³-hybridized carbons (Fsp3) is 0.200. The smallest absolute Gasteiger partial charge is 0.334 e. The van der Waals surface area contributed by atoms with Gasteiger partial charge < -0.3 is 5.11 Å². The summed E-state index contributed by atoms with van der Waals surface area (Å²) < 4.78 is 0. The molecule has 3 rings (SSSR count). The minimum absolute atomic E-state index is 0.354. The van der Waals surface area contributed by atoms with Gasteiger partial charge >= 0.3 is 5.97 Å². The van der Waals surface area contributed by atoms with Crippen LogP contribution in [0.4, 0.5) is 0 Å². The minimum Gasteiger partial charge on any atom is -0.478 e. The van der Waals surface area contributed by atoms with Crippen LogP contribution in [-0.4, -0.2) is 11.1 Å². The van der Waals surface area contributed by atoms with Gasteiger partial charge in [-0.15, -0.1) is 0 Å².